The molecule has 2 amide bonds. The topological polar surface area (TPSA) is 165 Å². The summed E-state index contributed by atoms with van der Waals surface area (Å²) >= 11 is 0. The number of carbonyl (C=O) groups is 2. The second-order valence-electron chi connectivity index (χ2n) is 10.7. The first kappa shape index (κ1) is 34.3. The molecule has 44 heavy (non-hydrogen) atoms. The number of non-ortho nitro benzene ring substituents is 1. The van der Waals surface area contributed by atoms with Gasteiger partial charge in [0.15, 0.2) is 0 Å². The molecule has 0 aliphatic heterocycles. The Hall–Kier alpha value is -4.16. The third kappa shape index (κ3) is 9.68. The summed E-state index contributed by atoms with van der Waals surface area (Å²) < 4.78 is 0. The summed E-state index contributed by atoms with van der Waals surface area (Å²) in [6, 6.07) is 19.5. The van der Waals surface area contributed by atoms with Gasteiger partial charge in [0.1, 0.15) is 0 Å². The molecule has 2 unspecified atom stereocenters. The molecule has 4 atom stereocenters. The number of hydrogen-bond acceptors (Lipinski definition) is 8. The van der Waals surface area contributed by atoms with Gasteiger partial charge < -0.3 is 30.9 Å². The zero-order valence-corrected chi connectivity index (χ0v) is 25.1. The van der Waals surface area contributed by atoms with E-state index in [9.17, 15) is 35.0 Å². The Morgan fingerprint density at radius 3 is 2.11 bits per heavy atom. The first-order chi connectivity index (χ1) is 21.2. The molecule has 0 radical (unpaired) electrons. The van der Waals surface area contributed by atoms with Gasteiger partial charge in [0, 0.05) is 42.9 Å². The summed E-state index contributed by atoms with van der Waals surface area (Å²) in [6.45, 7) is 4.69. The molecule has 3 aromatic carbocycles. The van der Waals surface area contributed by atoms with Crippen molar-refractivity contribution in [2.24, 2.45) is 0 Å². The third-order valence-corrected chi connectivity index (χ3v) is 7.34. The number of nitrogens with one attached hydrogen (secondary N) is 2. The second kappa shape index (κ2) is 17.2. The Morgan fingerprint density at radius 1 is 0.886 bits per heavy atom. The summed E-state index contributed by atoms with van der Waals surface area (Å²) in [5.74, 6) is -0.600. The summed E-state index contributed by atoms with van der Waals surface area (Å²) in [6.07, 6.45) is -0.409. The normalized spacial score (nSPS) is 13.8. The van der Waals surface area contributed by atoms with Crippen LogP contribution in [0.3, 0.4) is 0 Å². The van der Waals surface area contributed by atoms with Gasteiger partial charge in [-0.05, 0) is 60.7 Å². The van der Waals surface area contributed by atoms with Crippen molar-refractivity contribution in [1.29, 1.82) is 0 Å². The zero-order chi connectivity index (χ0) is 32.1. The molecule has 11 heteroatoms. The van der Waals surface area contributed by atoms with Gasteiger partial charge in [0.05, 0.1) is 35.8 Å². The molecule has 11 nitrogen and oxygen atoms in total. The maximum atomic E-state index is 13.4. The fraction of sp³-hybridized carbons (Fsp3) is 0.394. The third-order valence-electron chi connectivity index (χ3n) is 7.34. The van der Waals surface area contributed by atoms with Crippen LogP contribution in [0.15, 0.2) is 78.9 Å². The number of rotatable bonds is 17. The van der Waals surface area contributed by atoms with Gasteiger partial charge in [-0.25, -0.2) is 0 Å². The predicted molar refractivity (Wildman–Crippen MR) is 167 cm³/mol. The molecule has 0 bridgehead atoms. The van der Waals surface area contributed by atoms with Gasteiger partial charge in [0.25, 0.3) is 17.5 Å². The van der Waals surface area contributed by atoms with Gasteiger partial charge in [-0.1, -0.05) is 50.2 Å². The Kier molecular flexibility index (Phi) is 13.4. The molecule has 0 aliphatic carbocycles. The van der Waals surface area contributed by atoms with Gasteiger partial charge in [-0.3, -0.25) is 19.7 Å². The minimum atomic E-state index is -1.21. The highest BCUT2D eigenvalue weighted by Gasteiger charge is 2.27. The van der Waals surface area contributed by atoms with E-state index in [0.717, 1.165) is 18.4 Å². The van der Waals surface area contributed by atoms with E-state index in [1.165, 1.54) is 24.3 Å². The number of hydrogen-bond donors (Lipinski definition) is 5. The SMILES string of the molecule is CCCN(CCC)C(=O)c1cccc(C(=O)NC(Cc2ccccc2)C(O)CN[C@@H](CO)[C@@H](O)c2ccc([N+](=O)[O-])cc2)c1. The van der Waals surface area contributed by atoms with E-state index in [2.05, 4.69) is 10.6 Å². The molecule has 0 saturated carbocycles. The molecule has 0 spiro atoms. The van der Waals surface area contributed by atoms with Crippen molar-refractivity contribution in [3.05, 3.63) is 111 Å². The van der Waals surface area contributed by atoms with Crippen molar-refractivity contribution in [3.63, 3.8) is 0 Å². The largest absolute Gasteiger partial charge is 0.395 e. The zero-order valence-electron chi connectivity index (χ0n) is 25.1. The summed E-state index contributed by atoms with van der Waals surface area (Å²) in [5.41, 5.74) is 1.80. The lowest BCUT2D eigenvalue weighted by atomic mass is 9.99. The Bertz CT molecular complexity index is 1350. The second-order valence-corrected chi connectivity index (χ2v) is 10.7. The van der Waals surface area contributed by atoms with Crippen LogP contribution in [0.4, 0.5) is 5.69 Å². The first-order valence-electron chi connectivity index (χ1n) is 14.9. The van der Waals surface area contributed by atoms with E-state index in [1.54, 1.807) is 29.2 Å². The van der Waals surface area contributed by atoms with Crippen molar-refractivity contribution in [2.75, 3.05) is 26.2 Å². The average Bonchev–Trinajstić information content (AvgIpc) is 3.04. The number of nitro benzene ring substituents is 1. The lowest BCUT2D eigenvalue weighted by Gasteiger charge is -2.28. The van der Waals surface area contributed by atoms with Crippen LogP contribution >= 0.6 is 0 Å². The number of carbonyl (C=O) groups excluding carboxylic acids is 2. The lowest BCUT2D eigenvalue weighted by Crippen LogP contribution is -2.51. The van der Waals surface area contributed by atoms with E-state index >= 15 is 0 Å². The number of nitro groups is 1. The first-order valence-corrected chi connectivity index (χ1v) is 14.9. The predicted octanol–water partition coefficient (Wildman–Crippen LogP) is 3.24. The van der Waals surface area contributed by atoms with Crippen LogP contribution in [0, 0.1) is 10.1 Å². The van der Waals surface area contributed by atoms with Gasteiger partial charge in [0.2, 0.25) is 0 Å². The van der Waals surface area contributed by atoms with Crippen LogP contribution in [0.1, 0.15) is 64.6 Å². The number of aliphatic hydroxyl groups excluding tert-OH is 3. The molecule has 3 aromatic rings. The molecular weight excluding hydrogens is 564 g/mol. The molecule has 0 aromatic heterocycles. The van der Waals surface area contributed by atoms with Crippen molar-refractivity contribution < 1.29 is 29.8 Å². The van der Waals surface area contributed by atoms with Crippen molar-refractivity contribution in [3.8, 4) is 0 Å². The molecule has 0 saturated heterocycles. The highest BCUT2D eigenvalue weighted by Crippen LogP contribution is 2.21. The van der Waals surface area contributed by atoms with E-state index in [0.29, 0.717) is 30.6 Å². The van der Waals surface area contributed by atoms with Crippen LogP contribution in [0.5, 0.6) is 0 Å². The highest BCUT2D eigenvalue weighted by molar-refractivity contribution is 5.99. The van der Waals surface area contributed by atoms with Gasteiger partial charge >= 0.3 is 0 Å². The quantitative estimate of drug-likeness (QED) is 0.115. The Balaban J connectivity index is 1.74. The highest BCUT2D eigenvalue weighted by atomic mass is 16.6. The molecule has 5 N–H and O–H groups in total. The van der Waals surface area contributed by atoms with Gasteiger partial charge in [-0.2, -0.15) is 0 Å². The smallest absolute Gasteiger partial charge is 0.269 e. The van der Waals surface area contributed by atoms with Crippen molar-refractivity contribution in [2.45, 2.75) is 57.4 Å². The average molecular weight is 607 g/mol. The van der Waals surface area contributed by atoms with Gasteiger partial charge in [-0.15, -0.1) is 0 Å². The maximum Gasteiger partial charge on any atom is 0.269 e. The molecular formula is C33H42N4O7. The number of amides is 2. The fourth-order valence-electron chi connectivity index (χ4n) is 4.95. The maximum absolute atomic E-state index is 13.4. The minimum Gasteiger partial charge on any atom is -0.395 e. The molecule has 3 rings (SSSR count). The molecule has 0 heterocycles. The van der Waals surface area contributed by atoms with Crippen LogP contribution in [0.2, 0.25) is 0 Å². The van der Waals surface area contributed by atoms with Crippen LogP contribution in [-0.2, 0) is 6.42 Å². The number of aliphatic hydroxyl groups is 3. The Labute approximate surface area is 257 Å². The van der Waals surface area contributed by atoms with Crippen molar-refractivity contribution in [1.82, 2.24) is 15.5 Å². The molecule has 0 aliphatic rings. The van der Waals surface area contributed by atoms with E-state index in [4.69, 9.17) is 0 Å². The van der Waals surface area contributed by atoms with Crippen LogP contribution in [-0.4, -0.2) is 81.4 Å². The standard InChI is InChI=1S/C33H42N4O7/c1-3-17-36(18-4-2)33(42)26-12-8-11-25(20-26)32(41)35-28(19-23-9-6-5-7-10-23)30(39)21-34-29(22-38)31(40)24-13-15-27(16-14-24)37(43)44/h5-16,20,28-31,34,38-40H,3-4,17-19,21-22H2,1-2H3,(H,35,41)/t28?,29-,30?,31-/m0/s1. The van der Waals surface area contributed by atoms with Crippen LogP contribution in [0.25, 0.3) is 0 Å². The van der Waals surface area contributed by atoms with E-state index < -0.39 is 41.7 Å². The summed E-state index contributed by atoms with van der Waals surface area (Å²) in [4.78, 5) is 38.7. The Morgan fingerprint density at radius 2 is 1.52 bits per heavy atom. The number of benzene rings is 3. The molecule has 0 fully saturated rings. The minimum absolute atomic E-state index is 0.0887. The summed E-state index contributed by atoms with van der Waals surface area (Å²) in [7, 11) is 0. The van der Waals surface area contributed by atoms with E-state index in [-0.39, 0.29) is 23.7 Å². The monoisotopic (exact) mass is 606 g/mol. The van der Waals surface area contributed by atoms with E-state index in [1.807, 2.05) is 44.2 Å². The fourth-order valence-corrected chi connectivity index (χ4v) is 4.95. The van der Waals surface area contributed by atoms with Crippen LogP contribution < -0.4 is 10.6 Å². The van der Waals surface area contributed by atoms with Crippen molar-refractivity contribution >= 4 is 17.5 Å². The summed E-state index contributed by atoms with van der Waals surface area (Å²) in [5, 5.41) is 48.8. The lowest BCUT2D eigenvalue weighted by molar-refractivity contribution is -0.384. The number of nitrogens with zero attached hydrogens (tertiary/aromatic N) is 2. The molecule has 236 valence electrons.